The van der Waals surface area contributed by atoms with E-state index < -0.39 is 5.41 Å². The van der Waals surface area contributed by atoms with Gasteiger partial charge in [0.25, 0.3) is 0 Å². The summed E-state index contributed by atoms with van der Waals surface area (Å²) < 4.78 is 11.2. The molecule has 0 bridgehead atoms. The zero-order valence-corrected chi connectivity index (χ0v) is 19.5. The van der Waals surface area contributed by atoms with Crippen molar-refractivity contribution in [2.75, 3.05) is 25.5 Å². The molecule has 0 radical (unpaired) electrons. The molecule has 0 spiro atoms. The second-order valence-electron chi connectivity index (χ2n) is 8.94. The summed E-state index contributed by atoms with van der Waals surface area (Å²) in [7, 11) is 0. The number of ether oxygens (including phenoxy) is 1. The Kier molecular flexibility index (Phi) is 5.99. The number of anilines is 1. The van der Waals surface area contributed by atoms with Crippen molar-refractivity contribution in [1.82, 2.24) is 25.4 Å². The van der Waals surface area contributed by atoms with Crippen LogP contribution in [-0.2, 0) is 10.2 Å². The van der Waals surface area contributed by atoms with Crippen LogP contribution in [0.2, 0.25) is 0 Å². The number of pyridine rings is 1. The number of nitrogens with zero attached hydrogens (tertiary/aromatic N) is 5. The van der Waals surface area contributed by atoms with Gasteiger partial charge in [-0.25, -0.2) is 9.97 Å². The Balaban J connectivity index is 1.42. The van der Waals surface area contributed by atoms with Gasteiger partial charge in [-0.15, -0.1) is 0 Å². The fraction of sp³-hybridized carbons (Fsp3) is 0.269. The first kappa shape index (κ1) is 22.7. The standard InChI is InChI=1S/C26H25N7O2/c1-26(2,15-27)23-11-18(7-8-30-23)20-13-31-25(28)24(32-20)22-12-19(33-35-22)16-3-5-17(6-4-16)21-14-34-10-9-29-21/h3-8,11-13,21,29H,9-10,14H2,1-2H3,(H2,28,31)/t21-/m0/s1. The molecule has 1 aliphatic heterocycles. The highest BCUT2D eigenvalue weighted by atomic mass is 16.5. The number of morpholine rings is 1. The number of aromatic nitrogens is 4. The highest BCUT2D eigenvalue weighted by molar-refractivity contribution is 5.73. The van der Waals surface area contributed by atoms with Crippen LogP contribution in [0.5, 0.6) is 0 Å². The number of hydrogen-bond donors (Lipinski definition) is 2. The molecule has 0 aliphatic carbocycles. The molecular weight excluding hydrogens is 442 g/mol. The molecule has 5 rings (SSSR count). The molecule has 0 unspecified atom stereocenters. The zero-order chi connectivity index (χ0) is 24.4. The maximum atomic E-state index is 9.45. The Morgan fingerprint density at radius 1 is 1.09 bits per heavy atom. The van der Waals surface area contributed by atoms with Gasteiger partial charge in [0, 0.05) is 29.9 Å². The van der Waals surface area contributed by atoms with Gasteiger partial charge in [-0.3, -0.25) is 4.98 Å². The van der Waals surface area contributed by atoms with E-state index in [1.165, 1.54) is 0 Å². The highest BCUT2D eigenvalue weighted by Gasteiger charge is 2.23. The van der Waals surface area contributed by atoms with Crippen LogP contribution in [0.4, 0.5) is 5.82 Å². The van der Waals surface area contributed by atoms with Crippen LogP contribution in [0.25, 0.3) is 34.0 Å². The van der Waals surface area contributed by atoms with Gasteiger partial charge in [0.05, 0.1) is 48.3 Å². The van der Waals surface area contributed by atoms with Crippen molar-refractivity contribution in [2.45, 2.75) is 25.3 Å². The molecular formula is C26H25N7O2. The molecule has 0 saturated carbocycles. The third-order valence-electron chi connectivity index (χ3n) is 6.05. The maximum Gasteiger partial charge on any atom is 0.189 e. The summed E-state index contributed by atoms with van der Waals surface area (Å²) in [4.78, 5) is 13.3. The predicted octanol–water partition coefficient (Wildman–Crippen LogP) is 3.90. The van der Waals surface area contributed by atoms with Crippen LogP contribution in [0.3, 0.4) is 0 Å². The molecule has 9 heteroatoms. The van der Waals surface area contributed by atoms with E-state index in [4.69, 9.17) is 15.0 Å². The Morgan fingerprint density at radius 2 is 1.91 bits per heavy atom. The summed E-state index contributed by atoms with van der Waals surface area (Å²) in [5.74, 6) is 0.659. The normalized spacial score (nSPS) is 16.1. The van der Waals surface area contributed by atoms with Gasteiger partial charge >= 0.3 is 0 Å². The number of nitrogens with two attached hydrogens (primary N) is 1. The van der Waals surface area contributed by atoms with E-state index in [0.717, 1.165) is 29.8 Å². The Bertz CT molecular complexity index is 1380. The quantitative estimate of drug-likeness (QED) is 0.448. The second-order valence-corrected chi connectivity index (χ2v) is 8.94. The smallest absolute Gasteiger partial charge is 0.189 e. The van der Waals surface area contributed by atoms with Crippen molar-refractivity contribution < 1.29 is 9.26 Å². The van der Waals surface area contributed by atoms with Gasteiger partial charge in [0.1, 0.15) is 5.69 Å². The molecule has 35 heavy (non-hydrogen) atoms. The third kappa shape index (κ3) is 4.62. The van der Waals surface area contributed by atoms with E-state index in [1.54, 1.807) is 18.5 Å². The Hall–Kier alpha value is -4.13. The molecule has 1 aliphatic rings. The largest absolute Gasteiger partial charge is 0.382 e. The number of nitrogens with one attached hydrogen (secondary N) is 1. The van der Waals surface area contributed by atoms with Gasteiger partial charge in [-0.1, -0.05) is 29.4 Å². The van der Waals surface area contributed by atoms with E-state index in [2.05, 4.69) is 43.6 Å². The van der Waals surface area contributed by atoms with Crippen LogP contribution >= 0.6 is 0 Å². The minimum absolute atomic E-state index is 0.191. The van der Waals surface area contributed by atoms with Crippen LogP contribution in [0.15, 0.2) is 59.4 Å². The lowest BCUT2D eigenvalue weighted by Gasteiger charge is -2.24. The topological polar surface area (TPSA) is 136 Å². The Labute approximate surface area is 203 Å². The molecule has 1 aromatic carbocycles. The molecule has 1 fully saturated rings. The molecule has 3 N–H and O–H groups in total. The predicted molar refractivity (Wildman–Crippen MR) is 131 cm³/mol. The number of benzene rings is 1. The molecule has 1 saturated heterocycles. The average Bonchev–Trinajstić information content (AvgIpc) is 3.40. The SMILES string of the molecule is CC(C)(C#N)c1cc(-c2cnc(N)c(-c3cc(-c4ccc([C@@H]5COCCN5)cc4)no3)n2)ccn1. The molecule has 4 heterocycles. The van der Waals surface area contributed by atoms with Crippen molar-refractivity contribution in [3.8, 4) is 40.0 Å². The number of nitrogen functional groups attached to an aromatic ring is 1. The van der Waals surface area contributed by atoms with E-state index in [-0.39, 0.29) is 11.9 Å². The van der Waals surface area contributed by atoms with Gasteiger partial charge in [0.15, 0.2) is 17.3 Å². The molecule has 176 valence electrons. The van der Waals surface area contributed by atoms with Crippen LogP contribution in [0.1, 0.15) is 31.1 Å². The number of nitriles is 1. The van der Waals surface area contributed by atoms with Crippen molar-refractivity contribution in [3.05, 3.63) is 66.1 Å². The first-order valence-corrected chi connectivity index (χ1v) is 11.3. The first-order chi connectivity index (χ1) is 16.9. The summed E-state index contributed by atoms with van der Waals surface area (Å²) >= 11 is 0. The van der Waals surface area contributed by atoms with E-state index in [1.807, 2.05) is 38.1 Å². The van der Waals surface area contributed by atoms with E-state index in [0.29, 0.717) is 35.1 Å². The number of rotatable bonds is 5. The van der Waals surface area contributed by atoms with Gasteiger partial charge in [-0.05, 0) is 31.5 Å². The maximum absolute atomic E-state index is 9.45. The van der Waals surface area contributed by atoms with Crippen LogP contribution in [0, 0.1) is 11.3 Å². The summed E-state index contributed by atoms with van der Waals surface area (Å²) in [5.41, 5.74) is 10.6. The summed E-state index contributed by atoms with van der Waals surface area (Å²) in [6.45, 7) is 5.89. The summed E-state index contributed by atoms with van der Waals surface area (Å²) in [5, 5.41) is 17.1. The van der Waals surface area contributed by atoms with Gasteiger partial charge < -0.3 is 20.3 Å². The van der Waals surface area contributed by atoms with Gasteiger partial charge in [-0.2, -0.15) is 5.26 Å². The first-order valence-electron chi connectivity index (χ1n) is 11.3. The third-order valence-corrected chi connectivity index (χ3v) is 6.05. The van der Waals surface area contributed by atoms with Crippen molar-refractivity contribution >= 4 is 5.82 Å². The molecule has 9 nitrogen and oxygen atoms in total. The van der Waals surface area contributed by atoms with Crippen LogP contribution in [-0.4, -0.2) is 39.9 Å². The fourth-order valence-electron chi connectivity index (χ4n) is 3.90. The molecule has 1 atom stereocenters. The molecule has 0 amide bonds. The molecule has 4 aromatic rings. The van der Waals surface area contributed by atoms with E-state index in [9.17, 15) is 5.26 Å². The monoisotopic (exact) mass is 467 g/mol. The lowest BCUT2D eigenvalue weighted by atomic mass is 9.90. The summed E-state index contributed by atoms with van der Waals surface area (Å²) in [6.07, 6.45) is 3.25. The number of hydrogen-bond acceptors (Lipinski definition) is 9. The minimum Gasteiger partial charge on any atom is -0.382 e. The van der Waals surface area contributed by atoms with E-state index >= 15 is 0 Å². The average molecular weight is 468 g/mol. The van der Waals surface area contributed by atoms with Gasteiger partial charge in [0.2, 0.25) is 0 Å². The second kappa shape index (κ2) is 9.25. The lowest BCUT2D eigenvalue weighted by molar-refractivity contribution is 0.0769. The summed E-state index contributed by atoms with van der Waals surface area (Å²) in [6, 6.07) is 16.1. The minimum atomic E-state index is -0.727. The molecule has 3 aromatic heterocycles. The van der Waals surface area contributed by atoms with Crippen molar-refractivity contribution in [2.24, 2.45) is 0 Å². The van der Waals surface area contributed by atoms with Crippen molar-refractivity contribution in [3.63, 3.8) is 0 Å². The fourth-order valence-corrected chi connectivity index (χ4v) is 3.90. The highest BCUT2D eigenvalue weighted by Crippen LogP contribution is 2.31. The zero-order valence-electron chi connectivity index (χ0n) is 19.5. The lowest BCUT2D eigenvalue weighted by Crippen LogP contribution is -2.34. The van der Waals surface area contributed by atoms with Crippen molar-refractivity contribution in [1.29, 1.82) is 5.26 Å². The Morgan fingerprint density at radius 3 is 2.66 bits per heavy atom. The van der Waals surface area contributed by atoms with Crippen LogP contribution < -0.4 is 11.1 Å².